The maximum Gasteiger partial charge on any atom is 0.340 e. The monoisotopic (exact) mass is 165 g/mol. The van der Waals surface area contributed by atoms with E-state index in [0.717, 1.165) is 0 Å². The van der Waals surface area contributed by atoms with E-state index in [1.165, 1.54) is 0 Å². The zero-order chi connectivity index (χ0) is 9.30. The van der Waals surface area contributed by atoms with E-state index in [9.17, 15) is 4.79 Å². The molecule has 12 heavy (non-hydrogen) atoms. The van der Waals surface area contributed by atoms with Crippen molar-refractivity contribution in [1.82, 2.24) is 0 Å². The molecule has 0 bridgehead atoms. The summed E-state index contributed by atoms with van der Waals surface area (Å²) in [5.41, 5.74) is 0.481. The molecule has 1 N–H and O–H groups in total. The minimum Gasteiger partial charge on any atom is -0.478 e. The zero-order valence-electron chi connectivity index (χ0n) is 6.71. The van der Waals surface area contributed by atoms with Crippen LogP contribution in [-0.2, 0) is 0 Å². The molecule has 0 unspecified atom stereocenters. The van der Waals surface area contributed by atoms with Gasteiger partial charge in [0, 0.05) is 5.56 Å². The van der Waals surface area contributed by atoms with Gasteiger partial charge in [0.05, 0.1) is 0 Å². The van der Waals surface area contributed by atoms with Gasteiger partial charge < -0.3 is 9.52 Å². The summed E-state index contributed by atoms with van der Waals surface area (Å²) in [6, 6.07) is 1.69. The second-order valence-electron chi connectivity index (χ2n) is 2.40. The van der Waals surface area contributed by atoms with Gasteiger partial charge in [0.25, 0.3) is 0 Å². The van der Waals surface area contributed by atoms with Gasteiger partial charge in [-0.25, -0.2) is 4.79 Å². The molecule has 0 aliphatic rings. The molecule has 62 valence electrons. The Morgan fingerprint density at radius 2 is 2.17 bits per heavy atom. The highest BCUT2D eigenvalue weighted by Crippen LogP contribution is 2.20. The van der Waals surface area contributed by atoms with Crippen LogP contribution in [0.25, 0.3) is 0 Å². The van der Waals surface area contributed by atoms with Crippen molar-refractivity contribution in [3.63, 3.8) is 0 Å². The molecule has 1 aromatic rings. The average molecular weight is 165 g/mol. The van der Waals surface area contributed by atoms with Gasteiger partial charge in [-0.05, 0) is 13.8 Å². The second kappa shape index (κ2) is 2.70. The number of rotatable bonds is 1. The van der Waals surface area contributed by atoms with Crippen LogP contribution in [0.2, 0.25) is 0 Å². The molecule has 0 aliphatic heterocycles. The molecule has 0 aromatic carbocycles. The van der Waals surface area contributed by atoms with E-state index < -0.39 is 5.97 Å². The maximum absolute atomic E-state index is 10.6. The molecule has 1 aromatic heterocycles. The van der Waals surface area contributed by atoms with Crippen molar-refractivity contribution in [1.29, 1.82) is 5.26 Å². The highest BCUT2D eigenvalue weighted by atomic mass is 16.4. The molecule has 0 aliphatic carbocycles. The third kappa shape index (κ3) is 1.05. The molecular weight excluding hydrogens is 158 g/mol. The van der Waals surface area contributed by atoms with Crippen molar-refractivity contribution in [3.05, 3.63) is 22.6 Å². The Hall–Kier alpha value is -1.76. The first-order valence-electron chi connectivity index (χ1n) is 3.31. The Morgan fingerprint density at radius 1 is 1.58 bits per heavy atom. The lowest BCUT2D eigenvalue weighted by atomic mass is 10.1. The fourth-order valence-corrected chi connectivity index (χ4v) is 0.963. The fraction of sp³-hybridized carbons (Fsp3) is 0.250. The first-order chi connectivity index (χ1) is 5.57. The van der Waals surface area contributed by atoms with Crippen molar-refractivity contribution >= 4 is 5.97 Å². The van der Waals surface area contributed by atoms with E-state index in [1.54, 1.807) is 19.9 Å². The molecule has 0 spiro atoms. The Morgan fingerprint density at radius 3 is 2.50 bits per heavy atom. The molecule has 4 heteroatoms. The summed E-state index contributed by atoms with van der Waals surface area (Å²) in [7, 11) is 0. The van der Waals surface area contributed by atoms with Gasteiger partial charge >= 0.3 is 5.97 Å². The molecule has 0 amide bonds. The van der Waals surface area contributed by atoms with Crippen LogP contribution in [0.3, 0.4) is 0 Å². The first-order valence-corrected chi connectivity index (χ1v) is 3.31. The molecule has 4 nitrogen and oxygen atoms in total. The number of aromatic carboxylic acids is 1. The summed E-state index contributed by atoms with van der Waals surface area (Å²) in [6.45, 7) is 3.24. The summed E-state index contributed by atoms with van der Waals surface area (Å²) in [4.78, 5) is 10.6. The lowest BCUT2D eigenvalue weighted by Gasteiger charge is -1.88. The Kier molecular flexibility index (Phi) is 1.88. The van der Waals surface area contributed by atoms with Crippen molar-refractivity contribution in [2.75, 3.05) is 0 Å². The van der Waals surface area contributed by atoms with Crippen molar-refractivity contribution < 1.29 is 14.3 Å². The number of carboxylic acids is 1. The van der Waals surface area contributed by atoms with Gasteiger partial charge in [-0.3, -0.25) is 0 Å². The highest BCUT2D eigenvalue weighted by Gasteiger charge is 2.19. The molecule has 1 rings (SSSR count). The molecule has 0 saturated heterocycles. The van der Waals surface area contributed by atoms with Crippen molar-refractivity contribution in [2.24, 2.45) is 0 Å². The number of carboxylic acid groups (broad SMARTS) is 1. The molecule has 0 fully saturated rings. The van der Waals surface area contributed by atoms with Crippen molar-refractivity contribution in [2.45, 2.75) is 13.8 Å². The third-order valence-electron chi connectivity index (χ3n) is 1.70. The highest BCUT2D eigenvalue weighted by molar-refractivity contribution is 5.91. The van der Waals surface area contributed by atoms with Gasteiger partial charge in [0.2, 0.25) is 5.76 Å². The summed E-state index contributed by atoms with van der Waals surface area (Å²) in [5.74, 6) is -0.776. The van der Waals surface area contributed by atoms with Crippen LogP contribution in [0, 0.1) is 25.2 Å². The normalized spacial score (nSPS) is 9.42. The summed E-state index contributed by atoms with van der Waals surface area (Å²) in [6.07, 6.45) is 0. The third-order valence-corrected chi connectivity index (χ3v) is 1.70. The number of hydrogen-bond acceptors (Lipinski definition) is 3. The van der Waals surface area contributed by atoms with Crippen LogP contribution in [0.4, 0.5) is 0 Å². The van der Waals surface area contributed by atoms with E-state index in [0.29, 0.717) is 11.3 Å². The fourth-order valence-electron chi connectivity index (χ4n) is 0.963. The Balaban J connectivity index is 3.44. The van der Waals surface area contributed by atoms with Gasteiger partial charge in [0.15, 0.2) is 0 Å². The molecule has 0 atom stereocenters. The van der Waals surface area contributed by atoms with Crippen LogP contribution >= 0.6 is 0 Å². The van der Waals surface area contributed by atoms with E-state index in [-0.39, 0.29) is 11.3 Å². The number of hydrogen-bond donors (Lipinski definition) is 1. The van der Waals surface area contributed by atoms with E-state index >= 15 is 0 Å². The van der Waals surface area contributed by atoms with Crippen LogP contribution in [-0.4, -0.2) is 11.1 Å². The van der Waals surface area contributed by atoms with Crippen molar-refractivity contribution in [3.8, 4) is 6.07 Å². The van der Waals surface area contributed by atoms with Gasteiger partial charge in [0.1, 0.15) is 17.4 Å². The summed E-state index contributed by atoms with van der Waals surface area (Å²) in [5, 5.41) is 17.2. The van der Waals surface area contributed by atoms with Gasteiger partial charge in [-0.2, -0.15) is 5.26 Å². The van der Waals surface area contributed by atoms with Crippen LogP contribution in [0.1, 0.15) is 27.4 Å². The summed E-state index contributed by atoms with van der Waals surface area (Å²) >= 11 is 0. The predicted molar refractivity (Wildman–Crippen MR) is 39.9 cm³/mol. The van der Waals surface area contributed by atoms with E-state index in [4.69, 9.17) is 14.8 Å². The number of aryl methyl sites for hydroxylation is 1. The Labute approximate surface area is 69.0 Å². The van der Waals surface area contributed by atoms with Crippen LogP contribution in [0.5, 0.6) is 0 Å². The van der Waals surface area contributed by atoms with E-state index in [2.05, 4.69) is 0 Å². The quantitative estimate of drug-likeness (QED) is 0.683. The van der Waals surface area contributed by atoms with Gasteiger partial charge in [-0.15, -0.1) is 0 Å². The van der Waals surface area contributed by atoms with Crippen LogP contribution in [0.15, 0.2) is 4.42 Å². The van der Waals surface area contributed by atoms with E-state index in [1.807, 2.05) is 0 Å². The average Bonchev–Trinajstić information content (AvgIpc) is 2.28. The zero-order valence-corrected chi connectivity index (χ0v) is 6.71. The number of nitrogens with zero attached hydrogens (tertiary/aromatic N) is 1. The lowest BCUT2D eigenvalue weighted by Crippen LogP contribution is -1.98. The predicted octanol–water partition coefficient (Wildman–Crippen LogP) is 1.47. The second-order valence-corrected chi connectivity index (χ2v) is 2.40. The number of carbonyl (C=O) groups is 1. The molecule has 1 heterocycles. The lowest BCUT2D eigenvalue weighted by molar-refractivity contribution is 0.0695. The molecule has 0 radical (unpaired) electrons. The SMILES string of the molecule is Cc1oc(C#N)c(C(=O)O)c1C. The Bertz CT molecular complexity index is 370. The standard InChI is InChI=1S/C8H7NO3/c1-4-5(2)12-6(3-9)7(4)8(10)11/h1-2H3,(H,10,11). The molecular formula is C8H7NO3. The van der Waals surface area contributed by atoms with Crippen LogP contribution < -0.4 is 0 Å². The smallest absolute Gasteiger partial charge is 0.340 e. The molecule has 0 saturated carbocycles. The minimum absolute atomic E-state index is 0.0324. The number of furan rings is 1. The first kappa shape index (κ1) is 8.34. The van der Waals surface area contributed by atoms with Gasteiger partial charge in [-0.1, -0.05) is 0 Å². The largest absolute Gasteiger partial charge is 0.478 e. The topological polar surface area (TPSA) is 74.2 Å². The summed E-state index contributed by atoms with van der Waals surface area (Å²) < 4.78 is 4.91. The number of nitriles is 1. The minimum atomic E-state index is -1.12. The maximum atomic E-state index is 10.6.